The lowest BCUT2D eigenvalue weighted by atomic mass is 10.4. The molecule has 0 saturated heterocycles. The topological polar surface area (TPSA) is 81.2 Å². The van der Waals surface area contributed by atoms with Gasteiger partial charge in [0.1, 0.15) is 0 Å². The lowest BCUT2D eigenvalue weighted by Crippen LogP contribution is -2.37. The van der Waals surface area contributed by atoms with Crippen molar-refractivity contribution in [3.05, 3.63) is 12.3 Å². The van der Waals surface area contributed by atoms with Gasteiger partial charge in [0.05, 0.1) is 6.20 Å². The largest absolute Gasteiger partial charge is 0.327 e. The molecular weight excluding hydrogens is 216 g/mol. The van der Waals surface area contributed by atoms with Crippen molar-refractivity contribution in [2.45, 2.75) is 18.0 Å². The molecule has 1 rings (SSSR count). The van der Waals surface area contributed by atoms with Crippen LogP contribution in [0.15, 0.2) is 17.3 Å². The summed E-state index contributed by atoms with van der Waals surface area (Å²) >= 11 is 0. The first-order valence-electron chi connectivity index (χ1n) is 4.55. The Hall–Kier alpha value is -0.920. The highest BCUT2D eigenvalue weighted by Crippen LogP contribution is 2.12. The van der Waals surface area contributed by atoms with Crippen molar-refractivity contribution in [2.24, 2.45) is 12.8 Å². The third-order valence-electron chi connectivity index (χ3n) is 2.00. The van der Waals surface area contributed by atoms with Crippen molar-refractivity contribution in [3.8, 4) is 0 Å². The number of nitrogens with two attached hydrogens (primary N) is 1. The average molecular weight is 232 g/mol. The minimum absolute atomic E-state index is 0.172. The highest BCUT2D eigenvalue weighted by molar-refractivity contribution is 7.89. The number of sulfonamides is 1. The fraction of sp³-hybridized carbons (Fsp3) is 0.625. The zero-order valence-corrected chi connectivity index (χ0v) is 9.90. The van der Waals surface area contributed by atoms with Gasteiger partial charge in [-0.25, -0.2) is 8.42 Å². The van der Waals surface area contributed by atoms with Crippen LogP contribution in [0, 0.1) is 0 Å². The van der Waals surface area contributed by atoms with E-state index >= 15 is 0 Å². The standard InChI is InChI=1S/C8H16N4O2S/c1-7(9)6-11(2)15(13,14)8-4-5-10-12(8)3/h4-5,7H,6,9H2,1-3H3. The number of hydrogen-bond donors (Lipinski definition) is 1. The van der Waals surface area contributed by atoms with Crippen LogP contribution in [0.25, 0.3) is 0 Å². The zero-order chi connectivity index (χ0) is 11.6. The van der Waals surface area contributed by atoms with Crippen molar-refractivity contribution in [2.75, 3.05) is 13.6 Å². The number of aromatic nitrogens is 2. The Morgan fingerprint density at radius 1 is 1.67 bits per heavy atom. The quantitative estimate of drug-likeness (QED) is 0.750. The van der Waals surface area contributed by atoms with Gasteiger partial charge in [-0.1, -0.05) is 0 Å². The summed E-state index contributed by atoms with van der Waals surface area (Å²) in [5, 5.41) is 4.00. The fourth-order valence-electron chi connectivity index (χ4n) is 1.28. The fourth-order valence-corrected chi connectivity index (χ4v) is 2.64. The molecule has 2 N–H and O–H groups in total. The van der Waals surface area contributed by atoms with E-state index in [1.807, 2.05) is 0 Å². The molecule has 0 aliphatic heterocycles. The summed E-state index contributed by atoms with van der Waals surface area (Å²) in [6, 6.07) is 1.27. The summed E-state index contributed by atoms with van der Waals surface area (Å²) in [4.78, 5) is 0. The molecule has 1 unspecified atom stereocenters. The molecule has 15 heavy (non-hydrogen) atoms. The lowest BCUT2D eigenvalue weighted by Gasteiger charge is -2.18. The summed E-state index contributed by atoms with van der Waals surface area (Å²) in [7, 11) is -0.372. The van der Waals surface area contributed by atoms with Crippen LogP contribution in [0.2, 0.25) is 0 Å². The third-order valence-corrected chi connectivity index (χ3v) is 3.89. The van der Waals surface area contributed by atoms with Crippen molar-refractivity contribution >= 4 is 10.0 Å². The van der Waals surface area contributed by atoms with Gasteiger partial charge in [-0.05, 0) is 13.0 Å². The summed E-state index contributed by atoms with van der Waals surface area (Å²) in [5.74, 6) is 0. The summed E-state index contributed by atoms with van der Waals surface area (Å²) < 4.78 is 26.5. The van der Waals surface area contributed by atoms with Gasteiger partial charge >= 0.3 is 0 Å². The summed E-state index contributed by atoms with van der Waals surface area (Å²) in [6.07, 6.45) is 1.45. The van der Waals surface area contributed by atoms with E-state index in [-0.39, 0.29) is 17.6 Å². The molecule has 86 valence electrons. The smallest absolute Gasteiger partial charge is 0.260 e. The number of hydrogen-bond acceptors (Lipinski definition) is 4. The van der Waals surface area contributed by atoms with Crippen LogP contribution in [0.4, 0.5) is 0 Å². The highest BCUT2D eigenvalue weighted by Gasteiger charge is 2.24. The minimum Gasteiger partial charge on any atom is -0.327 e. The van der Waals surface area contributed by atoms with Crippen LogP contribution in [-0.4, -0.2) is 42.1 Å². The van der Waals surface area contributed by atoms with E-state index < -0.39 is 10.0 Å². The Morgan fingerprint density at radius 3 is 2.67 bits per heavy atom. The van der Waals surface area contributed by atoms with E-state index in [9.17, 15) is 8.42 Å². The maximum absolute atomic E-state index is 12.0. The van der Waals surface area contributed by atoms with Gasteiger partial charge in [-0.2, -0.15) is 9.40 Å². The number of aryl methyl sites for hydroxylation is 1. The molecule has 6 nitrogen and oxygen atoms in total. The highest BCUT2D eigenvalue weighted by atomic mass is 32.2. The molecule has 0 amide bonds. The first-order valence-corrected chi connectivity index (χ1v) is 5.99. The normalized spacial score (nSPS) is 14.5. The second kappa shape index (κ2) is 4.30. The molecule has 1 aromatic rings. The molecule has 1 atom stereocenters. The van der Waals surface area contributed by atoms with Crippen LogP contribution in [-0.2, 0) is 17.1 Å². The molecule has 0 radical (unpaired) electrons. The second-order valence-corrected chi connectivity index (χ2v) is 5.55. The van der Waals surface area contributed by atoms with Crippen LogP contribution >= 0.6 is 0 Å². The van der Waals surface area contributed by atoms with Crippen LogP contribution in [0.3, 0.4) is 0 Å². The monoisotopic (exact) mass is 232 g/mol. The molecule has 7 heteroatoms. The third kappa shape index (κ3) is 2.55. The predicted octanol–water partition coefficient (Wildman–Crippen LogP) is -0.612. The van der Waals surface area contributed by atoms with E-state index in [0.29, 0.717) is 0 Å². The van der Waals surface area contributed by atoms with E-state index in [1.165, 1.54) is 28.3 Å². The maximum atomic E-state index is 12.0. The van der Waals surface area contributed by atoms with Crippen LogP contribution < -0.4 is 5.73 Å². The SMILES string of the molecule is CC(N)CN(C)S(=O)(=O)c1ccnn1C. The molecule has 0 saturated carbocycles. The molecule has 1 heterocycles. The zero-order valence-electron chi connectivity index (χ0n) is 9.08. The summed E-state index contributed by atoms with van der Waals surface area (Å²) in [6.45, 7) is 2.04. The summed E-state index contributed by atoms with van der Waals surface area (Å²) in [5.41, 5.74) is 5.55. The predicted molar refractivity (Wildman–Crippen MR) is 56.7 cm³/mol. The van der Waals surface area contributed by atoms with Crippen molar-refractivity contribution in [1.29, 1.82) is 0 Å². The van der Waals surface area contributed by atoms with Crippen molar-refractivity contribution in [1.82, 2.24) is 14.1 Å². The van der Waals surface area contributed by atoms with Crippen molar-refractivity contribution in [3.63, 3.8) is 0 Å². The van der Waals surface area contributed by atoms with Gasteiger partial charge in [0, 0.05) is 26.7 Å². The van der Waals surface area contributed by atoms with E-state index in [2.05, 4.69) is 5.10 Å². The number of nitrogens with zero attached hydrogens (tertiary/aromatic N) is 3. The Labute approximate surface area is 89.7 Å². The van der Waals surface area contributed by atoms with Gasteiger partial charge in [-0.3, -0.25) is 4.68 Å². The number of rotatable bonds is 4. The van der Waals surface area contributed by atoms with Crippen LogP contribution in [0.5, 0.6) is 0 Å². The first kappa shape index (κ1) is 12.2. The molecule has 0 aliphatic carbocycles. The second-order valence-electron chi connectivity index (χ2n) is 3.56. The van der Waals surface area contributed by atoms with Gasteiger partial charge in [-0.15, -0.1) is 0 Å². The van der Waals surface area contributed by atoms with E-state index in [4.69, 9.17) is 5.73 Å². The van der Waals surface area contributed by atoms with Gasteiger partial charge in [0.2, 0.25) is 0 Å². The lowest BCUT2D eigenvalue weighted by molar-refractivity contribution is 0.438. The first-order chi connectivity index (χ1) is 6.85. The van der Waals surface area contributed by atoms with Gasteiger partial charge in [0.25, 0.3) is 10.0 Å². The molecule has 0 fully saturated rings. The van der Waals surface area contributed by atoms with Crippen LogP contribution in [0.1, 0.15) is 6.92 Å². The molecule has 0 bridgehead atoms. The molecule has 0 aliphatic rings. The Kier molecular flexibility index (Phi) is 3.48. The molecular formula is C8H16N4O2S. The van der Waals surface area contributed by atoms with Gasteiger partial charge < -0.3 is 5.73 Å². The Balaban J connectivity index is 2.99. The number of likely N-dealkylation sites (N-methyl/N-ethyl adjacent to an activating group) is 1. The van der Waals surface area contributed by atoms with Gasteiger partial charge in [0.15, 0.2) is 5.03 Å². The molecule has 0 spiro atoms. The van der Waals surface area contributed by atoms with E-state index in [0.717, 1.165) is 0 Å². The Bertz CT molecular complexity index is 424. The van der Waals surface area contributed by atoms with Crippen molar-refractivity contribution < 1.29 is 8.42 Å². The Morgan fingerprint density at radius 2 is 2.27 bits per heavy atom. The van der Waals surface area contributed by atoms with E-state index in [1.54, 1.807) is 14.0 Å². The average Bonchev–Trinajstić information content (AvgIpc) is 2.50. The maximum Gasteiger partial charge on any atom is 0.260 e. The molecule has 0 aromatic carbocycles. The minimum atomic E-state index is -3.47. The molecule has 1 aromatic heterocycles.